The minimum atomic E-state index is -0.848. The van der Waals surface area contributed by atoms with Crippen molar-refractivity contribution in [2.75, 3.05) is 18.5 Å². The van der Waals surface area contributed by atoms with Gasteiger partial charge in [-0.1, -0.05) is 12.1 Å². The van der Waals surface area contributed by atoms with Crippen molar-refractivity contribution in [3.63, 3.8) is 0 Å². The van der Waals surface area contributed by atoms with Crippen LogP contribution in [0.4, 0.5) is 5.69 Å². The number of benzene rings is 2. The highest BCUT2D eigenvalue weighted by molar-refractivity contribution is 5.75. The molecule has 25 heavy (non-hydrogen) atoms. The fourth-order valence-electron chi connectivity index (χ4n) is 2.72. The molecule has 3 N–H and O–H groups in total. The molecule has 1 aromatic heterocycles. The predicted molar refractivity (Wildman–Crippen MR) is 97.2 cm³/mol. The average Bonchev–Trinajstić information content (AvgIpc) is 3.04. The van der Waals surface area contributed by atoms with E-state index in [0.717, 1.165) is 22.5 Å². The third-order valence-corrected chi connectivity index (χ3v) is 3.93. The predicted octanol–water partition coefficient (Wildman–Crippen LogP) is 3.63. The minimum absolute atomic E-state index is 0.00382. The first-order valence-corrected chi connectivity index (χ1v) is 8.29. The smallest absolute Gasteiger partial charge is 0.304 e. The molecule has 6 nitrogen and oxygen atoms in total. The lowest BCUT2D eigenvalue weighted by Gasteiger charge is -2.15. The van der Waals surface area contributed by atoms with Crippen molar-refractivity contribution in [3.8, 4) is 5.75 Å². The number of anilines is 1. The Morgan fingerprint density at radius 1 is 1.24 bits per heavy atom. The lowest BCUT2D eigenvalue weighted by atomic mass is 10.0. The van der Waals surface area contributed by atoms with Crippen LogP contribution in [-0.4, -0.2) is 34.2 Å². The second kappa shape index (κ2) is 7.70. The van der Waals surface area contributed by atoms with E-state index in [4.69, 9.17) is 4.74 Å². The molecule has 0 spiro atoms. The van der Waals surface area contributed by atoms with Gasteiger partial charge in [0.25, 0.3) is 0 Å². The average molecular weight is 339 g/mol. The maximum atomic E-state index is 11.2. The van der Waals surface area contributed by atoms with Crippen LogP contribution in [0.15, 0.2) is 48.5 Å². The van der Waals surface area contributed by atoms with Crippen molar-refractivity contribution < 1.29 is 14.6 Å². The summed E-state index contributed by atoms with van der Waals surface area (Å²) in [5.74, 6) is 0.393. The molecular formula is C19H21N3O3. The van der Waals surface area contributed by atoms with Gasteiger partial charge < -0.3 is 20.1 Å². The van der Waals surface area contributed by atoms with Gasteiger partial charge in [0.1, 0.15) is 11.6 Å². The quantitative estimate of drug-likeness (QED) is 0.583. The Labute approximate surface area is 145 Å². The summed E-state index contributed by atoms with van der Waals surface area (Å²) in [6, 6.07) is 15.3. The van der Waals surface area contributed by atoms with E-state index in [-0.39, 0.29) is 12.3 Å². The van der Waals surface area contributed by atoms with Gasteiger partial charge >= 0.3 is 5.97 Å². The van der Waals surface area contributed by atoms with Gasteiger partial charge in [0, 0.05) is 18.2 Å². The molecule has 3 aromatic rings. The number of nitrogens with one attached hydrogen (secondary N) is 2. The monoisotopic (exact) mass is 339 g/mol. The van der Waals surface area contributed by atoms with Crippen molar-refractivity contribution in [1.29, 1.82) is 0 Å². The first-order valence-electron chi connectivity index (χ1n) is 8.29. The standard InChI is InChI=1S/C19H21N3O3/c1-2-25-15-9-7-14(8-10-15)20-12-13(11-18(23)24)19-21-16-5-3-4-6-17(16)22-19/h3-10,13,20H,2,11-12H2,1H3,(H,21,22)(H,23,24)/t13-/m1/s1. The van der Waals surface area contributed by atoms with E-state index in [1.54, 1.807) is 0 Å². The van der Waals surface area contributed by atoms with Gasteiger partial charge in [-0.2, -0.15) is 0 Å². The molecule has 0 radical (unpaired) electrons. The van der Waals surface area contributed by atoms with E-state index in [1.165, 1.54) is 0 Å². The Balaban J connectivity index is 1.73. The summed E-state index contributed by atoms with van der Waals surface area (Å²) in [5, 5.41) is 12.5. The number of aromatic amines is 1. The zero-order valence-corrected chi connectivity index (χ0v) is 14.0. The number of H-pyrrole nitrogens is 1. The maximum absolute atomic E-state index is 11.2. The van der Waals surface area contributed by atoms with Crippen LogP contribution in [0.1, 0.15) is 25.1 Å². The summed E-state index contributed by atoms with van der Waals surface area (Å²) in [6.07, 6.45) is 0.00382. The normalized spacial score (nSPS) is 12.0. The molecule has 0 aliphatic heterocycles. The third-order valence-electron chi connectivity index (χ3n) is 3.93. The van der Waals surface area contributed by atoms with Crippen LogP contribution in [0.25, 0.3) is 11.0 Å². The second-order valence-corrected chi connectivity index (χ2v) is 5.77. The van der Waals surface area contributed by atoms with E-state index in [1.807, 2.05) is 55.5 Å². The molecule has 0 saturated heterocycles. The number of aromatic nitrogens is 2. The Hall–Kier alpha value is -3.02. The summed E-state index contributed by atoms with van der Waals surface area (Å²) < 4.78 is 5.42. The lowest BCUT2D eigenvalue weighted by Crippen LogP contribution is -2.17. The summed E-state index contributed by atoms with van der Waals surface area (Å²) in [6.45, 7) is 3.04. The molecule has 2 aromatic carbocycles. The number of hydrogen-bond donors (Lipinski definition) is 3. The molecular weight excluding hydrogens is 318 g/mol. The minimum Gasteiger partial charge on any atom is -0.494 e. The van der Waals surface area contributed by atoms with Crippen LogP contribution in [0.2, 0.25) is 0 Å². The zero-order chi connectivity index (χ0) is 17.6. The van der Waals surface area contributed by atoms with Crippen molar-refractivity contribution in [3.05, 3.63) is 54.4 Å². The van der Waals surface area contributed by atoms with Crippen LogP contribution >= 0.6 is 0 Å². The summed E-state index contributed by atoms with van der Waals surface area (Å²) >= 11 is 0. The molecule has 0 fully saturated rings. The van der Waals surface area contributed by atoms with Crippen molar-refractivity contribution in [1.82, 2.24) is 9.97 Å². The number of nitrogens with zero attached hydrogens (tertiary/aromatic N) is 1. The van der Waals surface area contributed by atoms with Crippen LogP contribution in [0, 0.1) is 0 Å². The molecule has 6 heteroatoms. The molecule has 0 unspecified atom stereocenters. The molecule has 0 bridgehead atoms. The maximum Gasteiger partial charge on any atom is 0.304 e. The number of hydrogen-bond acceptors (Lipinski definition) is 4. The number of para-hydroxylation sites is 2. The number of ether oxygens (including phenoxy) is 1. The Kier molecular flexibility index (Phi) is 5.18. The molecule has 0 aliphatic carbocycles. The molecule has 1 heterocycles. The number of carboxylic acids is 1. The van der Waals surface area contributed by atoms with Crippen LogP contribution in [-0.2, 0) is 4.79 Å². The lowest BCUT2D eigenvalue weighted by molar-refractivity contribution is -0.137. The number of imidazole rings is 1. The highest BCUT2D eigenvalue weighted by Crippen LogP contribution is 2.22. The van der Waals surface area contributed by atoms with Gasteiger partial charge in [0.15, 0.2) is 0 Å². The van der Waals surface area contributed by atoms with Gasteiger partial charge in [-0.3, -0.25) is 4.79 Å². The largest absolute Gasteiger partial charge is 0.494 e. The number of carbonyl (C=O) groups is 1. The van der Waals surface area contributed by atoms with Crippen molar-refractivity contribution in [2.45, 2.75) is 19.3 Å². The van der Waals surface area contributed by atoms with Gasteiger partial charge in [0.2, 0.25) is 0 Å². The fourth-order valence-corrected chi connectivity index (χ4v) is 2.72. The molecule has 0 amide bonds. The number of fused-ring (bicyclic) bond motifs is 1. The summed E-state index contributed by atoms with van der Waals surface area (Å²) in [4.78, 5) is 19.0. The van der Waals surface area contributed by atoms with Gasteiger partial charge in [-0.05, 0) is 43.3 Å². The van der Waals surface area contributed by atoms with Crippen LogP contribution in [0.5, 0.6) is 5.75 Å². The van der Waals surface area contributed by atoms with Crippen molar-refractivity contribution >= 4 is 22.7 Å². The highest BCUT2D eigenvalue weighted by Gasteiger charge is 2.19. The van der Waals surface area contributed by atoms with E-state index in [0.29, 0.717) is 19.0 Å². The second-order valence-electron chi connectivity index (χ2n) is 5.77. The molecule has 3 rings (SSSR count). The number of aliphatic carboxylic acids is 1. The first kappa shape index (κ1) is 16.8. The molecule has 0 saturated carbocycles. The summed E-state index contributed by atoms with van der Waals surface area (Å²) in [7, 11) is 0. The van der Waals surface area contributed by atoms with Gasteiger partial charge in [-0.25, -0.2) is 4.98 Å². The van der Waals surface area contributed by atoms with E-state index in [9.17, 15) is 9.90 Å². The van der Waals surface area contributed by atoms with Crippen molar-refractivity contribution in [2.24, 2.45) is 0 Å². The molecule has 130 valence electrons. The van der Waals surface area contributed by atoms with Gasteiger partial charge in [0.05, 0.1) is 24.1 Å². The third kappa shape index (κ3) is 4.29. The Bertz CT molecular complexity index is 810. The molecule has 1 atom stereocenters. The zero-order valence-electron chi connectivity index (χ0n) is 14.0. The van der Waals surface area contributed by atoms with E-state index >= 15 is 0 Å². The highest BCUT2D eigenvalue weighted by atomic mass is 16.5. The number of carboxylic acid groups (broad SMARTS) is 1. The number of rotatable bonds is 8. The Morgan fingerprint density at radius 3 is 2.68 bits per heavy atom. The Morgan fingerprint density at radius 2 is 2.00 bits per heavy atom. The first-order chi connectivity index (χ1) is 12.2. The van der Waals surface area contributed by atoms with E-state index < -0.39 is 5.97 Å². The summed E-state index contributed by atoms with van der Waals surface area (Å²) in [5.41, 5.74) is 2.66. The SMILES string of the molecule is CCOc1ccc(NC[C@@H](CC(=O)O)c2nc3ccccc3[nH]2)cc1. The van der Waals surface area contributed by atoms with Gasteiger partial charge in [-0.15, -0.1) is 0 Å². The van der Waals surface area contributed by atoms with Crippen LogP contribution in [0.3, 0.4) is 0 Å². The topological polar surface area (TPSA) is 87.2 Å². The molecule has 0 aliphatic rings. The van der Waals surface area contributed by atoms with Crippen LogP contribution < -0.4 is 10.1 Å². The van der Waals surface area contributed by atoms with E-state index in [2.05, 4.69) is 15.3 Å². The fraction of sp³-hybridized carbons (Fsp3) is 0.263.